The number of alkyl halides is 3. The van der Waals surface area contributed by atoms with E-state index in [-0.39, 0.29) is 12.4 Å². The predicted octanol–water partition coefficient (Wildman–Crippen LogP) is 2.05. The van der Waals surface area contributed by atoms with Gasteiger partial charge in [-0.1, -0.05) is 6.07 Å². The SMILES string of the molecule is CN=C(NCCSC)NCc1cccnc1OCC(F)(F)F. The highest BCUT2D eigenvalue weighted by Gasteiger charge is 2.29. The third-order valence-corrected chi connectivity index (χ3v) is 3.10. The number of ether oxygens (including phenoxy) is 1. The van der Waals surface area contributed by atoms with Crippen LogP contribution < -0.4 is 15.4 Å². The van der Waals surface area contributed by atoms with E-state index >= 15 is 0 Å². The summed E-state index contributed by atoms with van der Waals surface area (Å²) in [4.78, 5) is 7.87. The Morgan fingerprint density at radius 2 is 2.18 bits per heavy atom. The minimum Gasteiger partial charge on any atom is -0.468 e. The Hall–Kier alpha value is -1.64. The molecule has 9 heteroatoms. The smallest absolute Gasteiger partial charge is 0.422 e. The van der Waals surface area contributed by atoms with E-state index in [1.54, 1.807) is 30.9 Å². The Morgan fingerprint density at radius 1 is 1.41 bits per heavy atom. The molecule has 0 saturated carbocycles. The number of guanidine groups is 1. The maximum atomic E-state index is 12.2. The van der Waals surface area contributed by atoms with Crippen LogP contribution in [-0.4, -0.2) is 49.3 Å². The van der Waals surface area contributed by atoms with Gasteiger partial charge in [0.25, 0.3) is 0 Å². The van der Waals surface area contributed by atoms with Crippen LogP contribution in [0.4, 0.5) is 13.2 Å². The molecule has 0 saturated heterocycles. The number of thioether (sulfide) groups is 1. The molecule has 0 radical (unpaired) electrons. The Kier molecular flexibility index (Phi) is 7.86. The zero-order valence-electron chi connectivity index (χ0n) is 12.4. The molecule has 1 aromatic heterocycles. The Labute approximate surface area is 131 Å². The molecule has 5 nitrogen and oxygen atoms in total. The minimum atomic E-state index is -4.39. The van der Waals surface area contributed by atoms with Crippen molar-refractivity contribution in [3.05, 3.63) is 23.9 Å². The van der Waals surface area contributed by atoms with Crippen LogP contribution >= 0.6 is 11.8 Å². The van der Waals surface area contributed by atoms with Crippen molar-refractivity contribution in [3.63, 3.8) is 0 Å². The third-order valence-electron chi connectivity index (χ3n) is 2.49. The molecule has 0 amide bonds. The average Bonchev–Trinajstić information content (AvgIpc) is 2.48. The summed E-state index contributed by atoms with van der Waals surface area (Å²) < 4.78 is 41.4. The fourth-order valence-electron chi connectivity index (χ4n) is 1.51. The molecular formula is C13H19F3N4OS. The van der Waals surface area contributed by atoms with Crippen LogP contribution in [-0.2, 0) is 6.54 Å². The van der Waals surface area contributed by atoms with Crippen LogP contribution in [0.2, 0.25) is 0 Å². The maximum absolute atomic E-state index is 12.2. The van der Waals surface area contributed by atoms with Gasteiger partial charge in [-0.2, -0.15) is 24.9 Å². The van der Waals surface area contributed by atoms with E-state index in [1.807, 2.05) is 6.26 Å². The first-order chi connectivity index (χ1) is 10.5. The lowest BCUT2D eigenvalue weighted by Gasteiger charge is -2.14. The van der Waals surface area contributed by atoms with Gasteiger partial charge in [-0.25, -0.2) is 4.98 Å². The summed E-state index contributed by atoms with van der Waals surface area (Å²) in [6, 6.07) is 3.29. The van der Waals surface area contributed by atoms with E-state index in [9.17, 15) is 13.2 Å². The van der Waals surface area contributed by atoms with Gasteiger partial charge in [0.1, 0.15) is 0 Å². The van der Waals surface area contributed by atoms with Gasteiger partial charge >= 0.3 is 6.18 Å². The highest BCUT2D eigenvalue weighted by Crippen LogP contribution is 2.19. The predicted molar refractivity (Wildman–Crippen MR) is 82.4 cm³/mol. The summed E-state index contributed by atoms with van der Waals surface area (Å²) >= 11 is 1.70. The third kappa shape index (κ3) is 7.39. The molecule has 0 spiro atoms. The van der Waals surface area contributed by atoms with Crippen molar-refractivity contribution >= 4 is 17.7 Å². The number of aliphatic imine (C=N–C) groups is 1. The summed E-state index contributed by atoms with van der Waals surface area (Å²) in [6.07, 6.45) is -1.00. The molecule has 0 atom stereocenters. The number of hydrogen-bond acceptors (Lipinski definition) is 4. The lowest BCUT2D eigenvalue weighted by atomic mass is 10.2. The Morgan fingerprint density at radius 3 is 2.82 bits per heavy atom. The normalized spacial score (nSPS) is 12.1. The minimum absolute atomic E-state index is 0.0353. The summed E-state index contributed by atoms with van der Waals surface area (Å²) in [5.41, 5.74) is 0.527. The molecule has 124 valence electrons. The summed E-state index contributed by atoms with van der Waals surface area (Å²) in [5.74, 6) is 1.46. The van der Waals surface area contributed by atoms with E-state index < -0.39 is 12.8 Å². The first-order valence-corrected chi connectivity index (χ1v) is 7.92. The lowest BCUT2D eigenvalue weighted by molar-refractivity contribution is -0.154. The van der Waals surface area contributed by atoms with Crippen molar-refractivity contribution in [2.45, 2.75) is 12.7 Å². The number of halogens is 3. The second kappa shape index (κ2) is 9.39. The molecule has 0 aliphatic heterocycles. The number of pyridine rings is 1. The van der Waals surface area contributed by atoms with E-state index in [0.29, 0.717) is 11.5 Å². The molecule has 0 bridgehead atoms. The van der Waals surface area contributed by atoms with E-state index in [2.05, 4.69) is 20.6 Å². The van der Waals surface area contributed by atoms with Crippen molar-refractivity contribution in [1.29, 1.82) is 0 Å². The second-order valence-corrected chi connectivity index (χ2v) is 5.20. The molecule has 2 N–H and O–H groups in total. The number of nitrogens with zero attached hydrogens (tertiary/aromatic N) is 2. The second-order valence-electron chi connectivity index (χ2n) is 4.22. The molecule has 0 aromatic carbocycles. The number of aromatic nitrogens is 1. The Balaban J connectivity index is 2.57. The van der Waals surface area contributed by atoms with Crippen molar-refractivity contribution in [2.75, 3.05) is 32.2 Å². The van der Waals surface area contributed by atoms with Crippen LogP contribution in [0, 0.1) is 0 Å². The average molecular weight is 336 g/mol. The van der Waals surface area contributed by atoms with Gasteiger partial charge in [-0.3, -0.25) is 4.99 Å². The van der Waals surface area contributed by atoms with Gasteiger partial charge in [0.05, 0.1) is 0 Å². The summed E-state index contributed by atoms with van der Waals surface area (Å²) in [7, 11) is 1.62. The zero-order valence-corrected chi connectivity index (χ0v) is 13.2. The first kappa shape index (κ1) is 18.4. The van der Waals surface area contributed by atoms with Gasteiger partial charge in [0, 0.05) is 37.7 Å². The molecule has 0 fully saturated rings. The highest BCUT2D eigenvalue weighted by atomic mass is 32.2. The lowest BCUT2D eigenvalue weighted by Crippen LogP contribution is -2.38. The number of hydrogen-bond donors (Lipinski definition) is 2. The molecule has 22 heavy (non-hydrogen) atoms. The maximum Gasteiger partial charge on any atom is 0.422 e. The molecule has 0 aliphatic rings. The molecular weight excluding hydrogens is 317 g/mol. The summed E-state index contributed by atoms with van der Waals surface area (Å²) in [6.45, 7) is -0.358. The topological polar surface area (TPSA) is 58.5 Å². The molecule has 1 rings (SSSR count). The van der Waals surface area contributed by atoms with E-state index in [0.717, 1.165) is 12.3 Å². The molecule has 1 aromatic rings. The van der Waals surface area contributed by atoms with Gasteiger partial charge < -0.3 is 15.4 Å². The fourth-order valence-corrected chi connectivity index (χ4v) is 1.82. The van der Waals surface area contributed by atoms with Crippen LogP contribution in [0.3, 0.4) is 0 Å². The standard InChI is InChI=1S/C13H19F3N4OS/c1-17-12(19-6-7-22-2)20-8-10-4-3-5-18-11(10)21-9-13(14,15)16/h3-5H,6-9H2,1-2H3,(H2,17,19,20). The Bertz CT molecular complexity index is 483. The van der Waals surface area contributed by atoms with Crippen LogP contribution in [0.1, 0.15) is 5.56 Å². The fraction of sp³-hybridized carbons (Fsp3) is 0.538. The van der Waals surface area contributed by atoms with Crippen molar-refractivity contribution in [3.8, 4) is 5.88 Å². The largest absolute Gasteiger partial charge is 0.468 e. The van der Waals surface area contributed by atoms with Crippen LogP contribution in [0.5, 0.6) is 5.88 Å². The number of rotatable bonds is 7. The van der Waals surface area contributed by atoms with Crippen LogP contribution in [0.15, 0.2) is 23.3 Å². The summed E-state index contributed by atoms with van der Waals surface area (Å²) in [5, 5.41) is 6.10. The van der Waals surface area contributed by atoms with E-state index in [1.165, 1.54) is 6.20 Å². The first-order valence-electron chi connectivity index (χ1n) is 6.53. The van der Waals surface area contributed by atoms with Gasteiger partial charge in [0.2, 0.25) is 5.88 Å². The van der Waals surface area contributed by atoms with Gasteiger partial charge in [-0.15, -0.1) is 0 Å². The highest BCUT2D eigenvalue weighted by molar-refractivity contribution is 7.98. The van der Waals surface area contributed by atoms with Gasteiger partial charge in [-0.05, 0) is 12.3 Å². The zero-order chi connectivity index (χ0) is 16.4. The van der Waals surface area contributed by atoms with E-state index in [4.69, 9.17) is 4.74 Å². The van der Waals surface area contributed by atoms with Crippen molar-refractivity contribution in [1.82, 2.24) is 15.6 Å². The van der Waals surface area contributed by atoms with Crippen molar-refractivity contribution < 1.29 is 17.9 Å². The van der Waals surface area contributed by atoms with Crippen molar-refractivity contribution in [2.24, 2.45) is 4.99 Å². The number of nitrogens with one attached hydrogen (secondary N) is 2. The molecule has 0 aliphatic carbocycles. The van der Waals surface area contributed by atoms with Crippen LogP contribution in [0.25, 0.3) is 0 Å². The molecule has 1 heterocycles. The monoisotopic (exact) mass is 336 g/mol. The quantitative estimate of drug-likeness (QED) is 0.453. The van der Waals surface area contributed by atoms with Gasteiger partial charge in [0.15, 0.2) is 12.6 Å². The molecule has 0 unspecified atom stereocenters.